The number of ether oxygens (including phenoxy) is 5. The molecule has 1 aliphatic rings. The molecule has 0 aliphatic carbocycles. The van der Waals surface area contributed by atoms with Crippen LogP contribution < -0.4 is 0 Å². The van der Waals surface area contributed by atoms with Crippen molar-refractivity contribution in [3.05, 3.63) is 24.3 Å². The molecule has 1 rings (SSSR count). The first-order chi connectivity index (χ1) is 31.3. The molecule has 2 unspecified atom stereocenters. The number of carbonyl (C=O) groups is 4. The molecule has 1 heterocycles. The summed E-state index contributed by atoms with van der Waals surface area (Å²) in [5.41, 5.74) is 0. The van der Waals surface area contributed by atoms with Crippen molar-refractivity contribution in [2.24, 2.45) is 11.8 Å². The zero-order valence-electron chi connectivity index (χ0n) is 41.6. The lowest BCUT2D eigenvalue weighted by molar-refractivity contribution is -0.150. The molecule has 0 aromatic heterocycles. The van der Waals surface area contributed by atoms with Crippen LogP contribution >= 0.6 is 0 Å². The molecule has 0 bridgehead atoms. The summed E-state index contributed by atoms with van der Waals surface area (Å²) in [4.78, 5) is 54.7. The molecule has 0 N–H and O–H groups in total. The number of unbranched alkanes of at least 4 members (excludes halogenated alkanes) is 17. The number of piperazine rings is 1. The molecule has 0 spiro atoms. The van der Waals surface area contributed by atoms with Crippen LogP contribution in [0.3, 0.4) is 0 Å². The lowest BCUT2D eigenvalue weighted by Crippen LogP contribution is -2.44. The number of rotatable bonds is 43. The van der Waals surface area contributed by atoms with E-state index in [1.54, 1.807) is 0 Å². The Balaban J connectivity index is 2.33. The van der Waals surface area contributed by atoms with Crippen LogP contribution in [0.4, 0.5) is 4.79 Å². The normalized spacial score (nSPS) is 14.5. The molecule has 1 aliphatic heterocycles. The van der Waals surface area contributed by atoms with E-state index in [0.29, 0.717) is 38.2 Å². The Morgan fingerprint density at radius 2 is 0.891 bits per heavy atom. The van der Waals surface area contributed by atoms with Gasteiger partial charge in [0.2, 0.25) is 0 Å². The van der Waals surface area contributed by atoms with Crippen LogP contribution in [0.2, 0.25) is 0 Å². The molecular formula is C53H96N2O9. The summed E-state index contributed by atoms with van der Waals surface area (Å²) in [7, 11) is 2.12. The Morgan fingerprint density at radius 1 is 0.453 bits per heavy atom. The van der Waals surface area contributed by atoms with E-state index in [1.807, 2.05) is 0 Å². The SMILES string of the molecule is CCCCC/C=C\C/C=C\CCCCCCCC(=O)OCC(COC(=O)CCCCCCCCC(=O)OCC(CCCC)CCCCCC)COC(=O)OCCCN1CCN(C)CC1. The summed E-state index contributed by atoms with van der Waals surface area (Å²) >= 11 is 0. The summed E-state index contributed by atoms with van der Waals surface area (Å²) < 4.78 is 27.5. The highest BCUT2D eigenvalue weighted by Crippen LogP contribution is 2.19. The van der Waals surface area contributed by atoms with E-state index >= 15 is 0 Å². The third-order valence-electron chi connectivity index (χ3n) is 12.1. The van der Waals surface area contributed by atoms with Crippen LogP contribution in [-0.2, 0) is 38.1 Å². The van der Waals surface area contributed by atoms with E-state index in [2.05, 4.69) is 61.9 Å². The van der Waals surface area contributed by atoms with Crippen molar-refractivity contribution in [3.63, 3.8) is 0 Å². The molecule has 0 radical (unpaired) electrons. The van der Waals surface area contributed by atoms with Crippen molar-refractivity contribution in [2.45, 2.75) is 207 Å². The van der Waals surface area contributed by atoms with Gasteiger partial charge < -0.3 is 33.5 Å². The van der Waals surface area contributed by atoms with E-state index in [9.17, 15) is 19.2 Å². The van der Waals surface area contributed by atoms with E-state index < -0.39 is 12.1 Å². The Hall–Kier alpha value is -2.92. The zero-order chi connectivity index (χ0) is 46.6. The molecule has 1 saturated heterocycles. The number of allylic oxidation sites excluding steroid dienone is 4. The second-order valence-electron chi connectivity index (χ2n) is 18.3. The predicted octanol–water partition coefficient (Wildman–Crippen LogP) is 12.7. The third kappa shape index (κ3) is 38.4. The highest BCUT2D eigenvalue weighted by atomic mass is 16.7. The fraction of sp³-hybridized carbons (Fsp3) is 0.849. The van der Waals surface area contributed by atoms with Crippen molar-refractivity contribution >= 4 is 24.1 Å². The van der Waals surface area contributed by atoms with Crippen molar-refractivity contribution in [2.75, 3.05) is 72.8 Å². The third-order valence-corrected chi connectivity index (χ3v) is 12.1. The van der Waals surface area contributed by atoms with E-state index in [1.165, 1.54) is 64.2 Å². The van der Waals surface area contributed by atoms with Crippen molar-refractivity contribution in [1.82, 2.24) is 9.80 Å². The lowest BCUT2D eigenvalue weighted by atomic mass is 9.96. The van der Waals surface area contributed by atoms with Crippen molar-refractivity contribution in [1.29, 1.82) is 0 Å². The number of hydrogen-bond acceptors (Lipinski definition) is 11. The minimum absolute atomic E-state index is 0.00487. The number of likely N-dealkylation sites (N-methyl/N-ethyl adjacent to an activating group) is 1. The molecule has 0 aromatic carbocycles. The number of esters is 3. The Labute approximate surface area is 391 Å². The maximum Gasteiger partial charge on any atom is 0.508 e. The van der Waals surface area contributed by atoms with Crippen LogP contribution in [0.5, 0.6) is 0 Å². The molecule has 11 nitrogen and oxygen atoms in total. The first-order valence-corrected chi connectivity index (χ1v) is 26.2. The lowest BCUT2D eigenvalue weighted by Gasteiger charge is -2.32. The quantitative estimate of drug-likeness (QED) is 0.0252. The molecule has 1 fully saturated rings. The van der Waals surface area contributed by atoms with Gasteiger partial charge in [-0.15, -0.1) is 0 Å². The van der Waals surface area contributed by atoms with Crippen LogP contribution in [0, 0.1) is 11.8 Å². The van der Waals surface area contributed by atoms with Gasteiger partial charge in [0.1, 0.15) is 19.8 Å². The zero-order valence-corrected chi connectivity index (χ0v) is 41.6. The van der Waals surface area contributed by atoms with Gasteiger partial charge in [-0.2, -0.15) is 0 Å². The summed E-state index contributed by atoms with van der Waals surface area (Å²) in [5, 5.41) is 0. The Kier molecular flexibility index (Phi) is 40.6. The average Bonchev–Trinajstić information content (AvgIpc) is 3.29. The number of nitrogens with zero attached hydrogens (tertiary/aromatic N) is 2. The van der Waals surface area contributed by atoms with Gasteiger partial charge in [0.15, 0.2) is 0 Å². The Bertz CT molecular complexity index is 1190. The molecule has 2 atom stereocenters. The van der Waals surface area contributed by atoms with Crippen LogP contribution in [0.25, 0.3) is 0 Å². The maximum atomic E-state index is 12.7. The molecule has 11 heteroatoms. The van der Waals surface area contributed by atoms with Crippen LogP contribution in [0.1, 0.15) is 207 Å². The standard InChI is InChI=1S/C53H96N2O9/c1-5-8-11-13-14-15-16-17-18-19-20-21-22-25-29-36-51(57)62-45-49(47-64-53(59)60-43-32-38-55-41-39-54(4)40-42-55)46-63-52(58)37-31-27-24-23-26-30-35-50(56)61-44-48(33-10-7-3)34-28-12-9-6-2/h14-15,17-18,48-49H,5-13,16,19-47H2,1-4H3/b15-14-,18-17-. The molecular weight excluding hydrogens is 809 g/mol. The van der Waals surface area contributed by atoms with Gasteiger partial charge in [0.25, 0.3) is 0 Å². The fourth-order valence-corrected chi connectivity index (χ4v) is 7.73. The molecule has 0 amide bonds. The van der Waals surface area contributed by atoms with Crippen LogP contribution in [0.15, 0.2) is 24.3 Å². The number of carbonyl (C=O) groups excluding carboxylic acids is 4. The molecule has 0 aromatic rings. The first-order valence-electron chi connectivity index (χ1n) is 26.2. The minimum atomic E-state index is -0.771. The van der Waals surface area contributed by atoms with E-state index in [0.717, 1.165) is 129 Å². The summed E-state index contributed by atoms with van der Waals surface area (Å²) in [6.07, 6.45) is 37.4. The molecule has 64 heavy (non-hydrogen) atoms. The topological polar surface area (TPSA) is 121 Å². The van der Waals surface area contributed by atoms with Gasteiger partial charge in [-0.05, 0) is 83.6 Å². The summed E-state index contributed by atoms with van der Waals surface area (Å²) in [5.74, 6) is -0.707. The predicted molar refractivity (Wildman–Crippen MR) is 260 cm³/mol. The monoisotopic (exact) mass is 905 g/mol. The minimum Gasteiger partial charge on any atom is -0.465 e. The van der Waals surface area contributed by atoms with Gasteiger partial charge >= 0.3 is 24.1 Å². The highest BCUT2D eigenvalue weighted by molar-refractivity contribution is 5.70. The van der Waals surface area contributed by atoms with Gasteiger partial charge in [-0.3, -0.25) is 14.4 Å². The average molecular weight is 905 g/mol. The fourth-order valence-electron chi connectivity index (χ4n) is 7.73. The summed E-state index contributed by atoms with van der Waals surface area (Å²) in [6, 6.07) is 0. The van der Waals surface area contributed by atoms with Crippen molar-refractivity contribution in [3.8, 4) is 0 Å². The smallest absolute Gasteiger partial charge is 0.465 e. The van der Waals surface area contributed by atoms with Crippen LogP contribution in [-0.4, -0.2) is 107 Å². The first kappa shape index (κ1) is 59.1. The second kappa shape index (κ2) is 43.9. The molecule has 0 saturated carbocycles. The Morgan fingerprint density at radius 3 is 1.44 bits per heavy atom. The van der Waals surface area contributed by atoms with Gasteiger partial charge in [-0.25, -0.2) is 4.79 Å². The van der Waals surface area contributed by atoms with E-state index in [4.69, 9.17) is 23.7 Å². The van der Waals surface area contributed by atoms with Gasteiger partial charge in [0, 0.05) is 52.0 Å². The highest BCUT2D eigenvalue weighted by Gasteiger charge is 2.19. The summed E-state index contributed by atoms with van der Waals surface area (Å²) in [6.45, 7) is 12.3. The maximum absolute atomic E-state index is 12.7. The largest absolute Gasteiger partial charge is 0.508 e. The van der Waals surface area contributed by atoms with Gasteiger partial charge in [-0.1, -0.05) is 141 Å². The van der Waals surface area contributed by atoms with Crippen molar-refractivity contribution < 1.29 is 42.9 Å². The number of hydrogen-bond donors (Lipinski definition) is 0. The van der Waals surface area contributed by atoms with E-state index in [-0.39, 0.29) is 44.3 Å². The second-order valence-corrected chi connectivity index (χ2v) is 18.3. The molecule has 372 valence electrons. The van der Waals surface area contributed by atoms with Gasteiger partial charge in [0.05, 0.1) is 19.1 Å².